The minimum Gasteiger partial charge on any atom is -0.465 e. The van der Waals surface area contributed by atoms with Gasteiger partial charge < -0.3 is 19.5 Å². The van der Waals surface area contributed by atoms with Crippen LogP contribution in [-0.2, 0) is 4.74 Å². The Labute approximate surface area is 211 Å². The summed E-state index contributed by atoms with van der Waals surface area (Å²) in [7, 11) is 1.39. The molecule has 1 fully saturated rings. The third kappa shape index (κ3) is 3.99. The van der Waals surface area contributed by atoms with Gasteiger partial charge in [0.2, 0.25) is 0 Å². The van der Waals surface area contributed by atoms with Crippen LogP contribution in [0.1, 0.15) is 33.8 Å². The number of aromatic nitrogens is 2. The number of carbonyl (C=O) groups is 1. The van der Waals surface area contributed by atoms with Crippen molar-refractivity contribution in [3.05, 3.63) is 113 Å². The first-order valence-electron chi connectivity index (χ1n) is 10.7. The normalized spacial score (nSPS) is 17.5. The van der Waals surface area contributed by atoms with Gasteiger partial charge >= 0.3 is 5.97 Å². The fourth-order valence-corrected chi connectivity index (χ4v) is 4.97. The fourth-order valence-electron chi connectivity index (χ4n) is 4.36. The molecule has 5 rings (SSSR count). The molecule has 0 radical (unpaired) electrons. The minimum atomic E-state index is -0.388. The highest BCUT2D eigenvalue weighted by Gasteiger charge is 2.42. The van der Waals surface area contributed by atoms with E-state index in [-0.39, 0.29) is 18.1 Å². The molecule has 8 heteroatoms. The second-order valence-electron chi connectivity index (χ2n) is 7.78. The van der Waals surface area contributed by atoms with E-state index >= 15 is 0 Å². The van der Waals surface area contributed by atoms with Crippen molar-refractivity contribution >= 4 is 44.9 Å². The van der Waals surface area contributed by atoms with Crippen LogP contribution in [0.25, 0.3) is 5.69 Å². The Morgan fingerprint density at radius 3 is 2.53 bits per heavy atom. The van der Waals surface area contributed by atoms with Crippen LogP contribution in [0.2, 0.25) is 0 Å². The van der Waals surface area contributed by atoms with Gasteiger partial charge in [-0.05, 0) is 72.9 Å². The van der Waals surface area contributed by atoms with E-state index in [0.29, 0.717) is 10.7 Å². The quantitative estimate of drug-likeness (QED) is 0.266. The Morgan fingerprint density at radius 1 is 1.03 bits per heavy atom. The lowest BCUT2D eigenvalue weighted by atomic mass is 10.0. The Hall–Kier alpha value is -3.49. The molecule has 1 aliphatic rings. The van der Waals surface area contributed by atoms with E-state index in [4.69, 9.17) is 17.0 Å². The molecule has 1 N–H and O–H groups in total. The SMILES string of the molecule is COC(=O)c1ccccc1-n1cccc1[C@H]1[C@H](c2ccccn2)NC(=S)N1c1ccc(Br)cc1. The third-order valence-electron chi connectivity index (χ3n) is 5.86. The lowest BCUT2D eigenvalue weighted by Gasteiger charge is -2.29. The molecule has 170 valence electrons. The molecule has 4 aromatic rings. The molecule has 1 aliphatic heterocycles. The Balaban J connectivity index is 1.69. The number of thiocarbonyl (C=S) groups is 1. The maximum absolute atomic E-state index is 12.5. The zero-order chi connectivity index (χ0) is 23.7. The molecular weight excluding hydrogens is 512 g/mol. The van der Waals surface area contributed by atoms with E-state index in [1.165, 1.54) is 7.11 Å². The van der Waals surface area contributed by atoms with Crippen LogP contribution in [0.15, 0.2) is 95.7 Å². The van der Waals surface area contributed by atoms with Crippen molar-refractivity contribution in [1.29, 1.82) is 0 Å². The number of hydrogen-bond acceptors (Lipinski definition) is 4. The van der Waals surface area contributed by atoms with E-state index < -0.39 is 0 Å². The molecule has 2 atom stereocenters. The molecule has 2 aromatic heterocycles. The predicted octanol–water partition coefficient (Wildman–Crippen LogP) is 5.60. The molecule has 3 heterocycles. The smallest absolute Gasteiger partial charge is 0.339 e. The summed E-state index contributed by atoms with van der Waals surface area (Å²) in [4.78, 5) is 19.2. The molecule has 1 saturated heterocycles. The van der Waals surface area contributed by atoms with E-state index in [0.717, 1.165) is 27.2 Å². The zero-order valence-electron chi connectivity index (χ0n) is 18.3. The van der Waals surface area contributed by atoms with Crippen molar-refractivity contribution in [3.63, 3.8) is 0 Å². The molecule has 0 saturated carbocycles. The molecule has 6 nitrogen and oxygen atoms in total. The van der Waals surface area contributed by atoms with Crippen molar-refractivity contribution in [2.24, 2.45) is 0 Å². The average Bonchev–Trinajstić information content (AvgIpc) is 3.49. The van der Waals surface area contributed by atoms with E-state index in [1.54, 1.807) is 12.3 Å². The largest absolute Gasteiger partial charge is 0.465 e. The summed E-state index contributed by atoms with van der Waals surface area (Å²) < 4.78 is 8.05. The van der Waals surface area contributed by atoms with Crippen molar-refractivity contribution in [3.8, 4) is 5.69 Å². The number of anilines is 1. The van der Waals surface area contributed by atoms with Gasteiger partial charge in [0.05, 0.1) is 30.1 Å². The van der Waals surface area contributed by atoms with Crippen LogP contribution < -0.4 is 10.2 Å². The number of methoxy groups -OCH3 is 1. The number of para-hydroxylation sites is 1. The lowest BCUT2D eigenvalue weighted by Crippen LogP contribution is -2.30. The Morgan fingerprint density at radius 2 is 1.79 bits per heavy atom. The Kier molecular flexibility index (Phi) is 6.17. The second-order valence-corrected chi connectivity index (χ2v) is 9.09. The number of nitrogens with zero attached hydrogens (tertiary/aromatic N) is 3. The number of halogens is 1. The van der Waals surface area contributed by atoms with Crippen LogP contribution in [0.5, 0.6) is 0 Å². The van der Waals surface area contributed by atoms with Crippen LogP contribution in [-0.4, -0.2) is 27.7 Å². The van der Waals surface area contributed by atoms with Crippen LogP contribution >= 0.6 is 28.1 Å². The molecule has 34 heavy (non-hydrogen) atoms. The maximum atomic E-state index is 12.5. The monoisotopic (exact) mass is 532 g/mol. The molecule has 0 spiro atoms. The number of rotatable bonds is 5. The highest BCUT2D eigenvalue weighted by atomic mass is 79.9. The van der Waals surface area contributed by atoms with E-state index in [9.17, 15) is 4.79 Å². The fraction of sp³-hybridized carbons (Fsp3) is 0.115. The number of pyridine rings is 1. The summed E-state index contributed by atoms with van der Waals surface area (Å²) in [5.41, 5.74) is 4.02. The highest BCUT2D eigenvalue weighted by Crippen LogP contribution is 2.42. The first-order valence-corrected chi connectivity index (χ1v) is 11.9. The van der Waals surface area contributed by atoms with Crippen molar-refractivity contribution in [2.75, 3.05) is 12.0 Å². The van der Waals surface area contributed by atoms with E-state index in [1.807, 2.05) is 77.5 Å². The summed E-state index contributed by atoms with van der Waals surface area (Å²) in [6.45, 7) is 0. The van der Waals surface area contributed by atoms with Gasteiger partial charge in [-0.2, -0.15) is 0 Å². The molecule has 0 bridgehead atoms. The standard InChI is InChI=1S/C26H21BrN4O2S/c1-33-25(32)19-7-2-3-9-21(19)30-16-6-10-22(30)24-23(20-8-4-5-15-28-20)29-26(34)31(24)18-13-11-17(27)12-14-18/h2-16,23-24H,1H3,(H,29,34)/t23-,24-/m0/s1. The molecule has 0 amide bonds. The molecular formula is C26H21BrN4O2S. The molecule has 0 aliphatic carbocycles. The van der Waals surface area contributed by atoms with Crippen LogP contribution in [0, 0.1) is 0 Å². The summed E-state index contributed by atoms with van der Waals surface area (Å²) in [5.74, 6) is -0.388. The van der Waals surface area contributed by atoms with Gasteiger partial charge in [-0.3, -0.25) is 4.98 Å². The maximum Gasteiger partial charge on any atom is 0.339 e. The number of hydrogen-bond donors (Lipinski definition) is 1. The van der Waals surface area contributed by atoms with Crippen molar-refractivity contribution < 1.29 is 9.53 Å². The van der Waals surface area contributed by atoms with Crippen molar-refractivity contribution in [1.82, 2.24) is 14.9 Å². The number of nitrogens with one attached hydrogen (secondary N) is 1. The second kappa shape index (κ2) is 9.40. The topological polar surface area (TPSA) is 59.4 Å². The summed E-state index contributed by atoms with van der Waals surface area (Å²) in [6, 6.07) is 24.9. The molecule has 2 aromatic carbocycles. The lowest BCUT2D eigenvalue weighted by molar-refractivity contribution is 0.0600. The first-order chi connectivity index (χ1) is 16.6. The van der Waals surface area contributed by atoms with Crippen molar-refractivity contribution in [2.45, 2.75) is 12.1 Å². The zero-order valence-corrected chi connectivity index (χ0v) is 20.7. The van der Waals surface area contributed by atoms with Gasteiger partial charge in [-0.15, -0.1) is 0 Å². The van der Waals surface area contributed by atoms with Gasteiger partial charge in [-0.1, -0.05) is 34.1 Å². The van der Waals surface area contributed by atoms with Gasteiger partial charge in [0, 0.05) is 28.2 Å². The summed E-state index contributed by atoms with van der Waals surface area (Å²) >= 11 is 9.34. The van der Waals surface area contributed by atoms with Gasteiger partial charge in [0.15, 0.2) is 5.11 Å². The number of carbonyl (C=O) groups excluding carboxylic acids is 1. The predicted molar refractivity (Wildman–Crippen MR) is 139 cm³/mol. The van der Waals surface area contributed by atoms with E-state index in [2.05, 4.69) is 37.2 Å². The Bertz CT molecular complexity index is 1340. The van der Waals surface area contributed by atoms with Crippen LogP contribution in [0.4, 0.5) is 5.69 Å². The number of benzene rings is 2. The average molecular weight is 533 g/mol. The first kappa shape index (κ1) is 22.3. The van der Waals surface area contributed by atoms with Gasteiger partial charge in [0.25, 0.3) is 0 Å². The van der Waals surface area contributed by atoms with Crippen LogP contribution in [0.3, 0.4) is 0 Å². The summed E-state index contributed by atoms with van der Waals surface area (Å²) in [6.07, 6.45) is 3.73. The number of ether oxygens (including phenoxy) is 1. The van der Waals surface area contributed by atoms with Gasteiger partial charge in [0.1, 0.15) is 6.04 Å². The third-order valence-corrected chi connectivity index (χ3v) is 6.70. The summed E-state index contributed by atoms with van der Waals surface area (Å²) in [5, 5.41) is 4.09. The minimum absolute atomic E-state index is 0.198. The molecule has 0 unspecified atom stereocenters. The number of esters is 1. The van der Waals surface area contributed by atoms with Gasteiger partial charge in [-0.25, -0.2) is 4.79 Å². The highest BCUT2D eigenvalue weighted by molar-refractivity contribution is 9.10.